The third-order valence-electron chi connectivity index (χ3n) is 2.62. The average molecular weight is 249 g/mol. The van der Waals surface area contributed by atoms with Gasteiger partial charge in [0.25, 0.3) is 5.91 Å². The molecule has 0 spiro atoms. The lowest BCUT2D eigenvalue weighted by molar-refractivity contribution is 0.0786. The monoisotopic (exact) mass is 249 g/mol. The van der Waals surface area contributed by atoms with Crippen molar-refractivity contribution >= 4 is 11.7 Å². The first-order valence-corrected chi connectivity index (χ1v) is 5.82. The highest BCUT2D eigenvalue weighted by molar-refractivity contribution is 5.97. The molecular formula is C13H19N3O2. The van der Waals surface area contributed by atoms with Gasteiger partial charge < -0.3 is 15.8 Å². The first kappa shape index (κ1) is 14.0. The molecule has 1 aromatic carbocycles. The van der Waals surface area contributed by atoms with Gasteiger partial charge in [0, 0.05) is 12.1 Å². The van der Waals surface area contributed by atoms with E-state index in [1.807, 2.05) is 39.0 Å². The van der Waals surface area contributed by atoms with Crippen LogP contribution in [0.3, 0.4) is 0 Å². The maximum atomic E-state index is 12.3. The number of rotatable bonds is 4. The molecule has 0 saturated heterocycles. The minimum Gasteiger partial charge on any atom is -0.409 e. The summed E-state index contributed by atoms with van der Waals surface area (Å²) in [6.07, 6.45) is 0. The number of nitrogens with two attached hydrogens (primary N) is 1. The van der Waals surface area contributed by atoms with Crippen molar-refractivity contribution in [3.05, 3.63) is 34.9 Å². The smallest absolute Gasteiger partial charge is 0.254 e. The zero-order valence-corrected chi connectivity index (χ0v) is 11.0. The molecule has 98 valence electrons. The second-order valence-corrected chi connectivity index (χ2v) is 4.29. The van der Waals surface area contributed by atoms with E-state index in [1.165, 1.54) is 4.90 Å². The Bertz CT molecular complexity index is 449. The van der Waals surface area contributed by atoms with E-state index in [9.17, 15) is 4.79 Å². The number of nitrogens with zero attached hydrogens (tertiary/aromatic N) is 2. The van der Waals surface area contributed by atoms with E-state index < -0.39 is 0 Å². The van der Waals surface area contributed by atoms with Crippen molar-refractivity contribution in [3.63, 3.8) is 0 Å². The molecular weight excluding hydrogens is 230 g/mol. The Balaban J connectivity index is 2.96. The van der Waals surface area contributed by atoms with Gasteiger partial charge >= 0.3 is 0 Å². The molecule has 0 aromatic heterocycles. The molecule has 0 unspecified atom stereocenters. The zero-order chi connectivity index (χ0) is 13.7. The molecule has 0 heterocycles. The lowest BCUT2D eigenvalue weighted by Gasteiger charge is -2.20. The van der Waals surface area contributed by atoms with Gasteiger partial charge in [0.1, 0.15) is 0 Å². The number of amides is 1. The number of amidine groups is 1. The van der Waals surface area contributed by atoms with Crippen LogP contribution in [0.15, 0.2) is 23.4 Å². The summed E-state index contributed by atoms with van der Waals surface area (Å²) in [5, 5.41) is 11.4. The largest absolute Gasteiger partial charge is 0.409 e. The van der Waals surface area contributed by atoms with Crippen molar-refractivity contribution < 1.29 is 10.0 Å². The molecule has 1 amide bonds. The van der Waals surface area contributed by atoms with Crippen molar-refractivity contribution in [2.24, 2.45) is 10.9 Å². The van der Waals surface area contributed by atoms with Crippen LogP contribution in [0.1, 0.15) is 28.4 Å². The van der Waals surface area contributed by atoms with Gasteiger partial charge in [-0.05, 0) is 32.9 Å². The van der Waals surface area contributed by atoms with Crippen LogP contribution in [-0.2, 0) is 0 Å². The summed E-state index contributed by atoms with van der Waals surface area (Å²) in [7, 11) is 0. The van der Waals surface area contributed by atoms with Crippen LogP contribution in [0, 0.1) is 13.8 Å². The Morgan fingerprint density at radius 3 is 2.33 bits per heavy atom. The van der Waals surface area contributed by atoms with Gasteiger partial charge in [-0.25, -0.2) is 0 Å². The number of hydrogen-bond donors (Lipinski definition) is 2. The minimum atomic E-state index is -0.115. The predicted molar refractivity (Wildman–Crippen MR) is 70.9 cm³/mol. The Labute approximate surface area is 107 Å². The summed E-state index contributed by atoms with van der Waals surface area (Å²) in [4.78, 5) is 13.8. The third-order valence-corrected chi connectivity index (χ3v) is 2.62. The highest BCUT2D eigenvalue weighted by atomic mass is 16.4. The minimum absolute atomic E-state index is 0.0228. The summed E-state index contributed by atoms with van der Waals surface area (Å²) >= 11 is 0. The van der Waals surface area contributed by atoms with Gasteiger partial charge in [-0.2, -0.15) is 0 Å². The number of benzene rings is 1. The molecule has 1 aromatic rings. The molecule has 0 atom stereocenters. The number of hydrogen-bond acceptors (Lipinski definition) is 3. The summed E-state index contributed by atoms with van der Waals surface area (Å²) in [5.41, 5.74) is 8.14. The number of likely N-dealkylation sites (N-methyl/N-ethyl adjacent to an activating group) is 1. The summed E-state index contributed by atoms with van der Waals surface area (Å²) in [6.45, 7) is 6.37. The first-order chi connectivity index (χ1) is 8.47. The van der Waals surface area contributed by atoms with Crippen LogP contribution < -0.4 is 5.73 Å². The van der Waals surface area contributed by atoms with Crippen molar-refractivity contribution in [2.75, 3.05) is 13.1 Å². The molecule has 0 aliphatic heterocycles. The van der Waals surface area contributed by atoms with Crippen molar-refractivity contribution in [3.8, 4) is 0 Å². The van der Waals surface area contributed by atoms with Crippen LogP contribution in [-0.4, -0.2) is 34.9 Å². The van der Waals surface area contributed by atoms with E-state index >= 15 is 0 Å². The maximum absolute atomic E-state index is 12.3. The summed E-state index contributed by atoms with van der Waals surface area (Å²) in [5.74, 6) is -0.0922. The predicted octanol–water partition coefficient (Wildman–Crippen LogP) is 1.51. The van der Waals surface area contributed by atoms with E-state index in [0.29, 0.717) is 12.1 Å². The fourth-order valence-corrected chi connectivity index (χ4v) is 1.84. The van der Waals surface area contributed by atoms with Gasteiger partial charge in [-0.3, -0.25) is 4.79 Å². The van der Waals surface area contributed by atoms with Crippen molar-refractivity contribution in [1.29, 1.82) is 0 Å². The molecule has 0 bridgehead atoms. The Kier molecular flexibility index (Phi) is 4.71. The van der Waals surface area contributed by atoms with Crippen molar-refractivity contribution in [1.82, 2.24) is 4.90 Å². The van der Waals surface area contributed by atoms with Gasteiger partial charge in [0.05, 0.1) is 6.54 Å². The van der Waals surface area contributed by atoms with E-state index in [-0.39, 0.29) is 18.3 Å². The quantitative estimate of drug-likeness (QED) is 0.367. The second-order valence-electron chi connectivity index (χ2n) is 4.29. The molecule has 3 N–H and O–H groups in total. The molecule has 0 aliphatic carbocycles. The van der Waals surface area contributed by atoms with Crippen molar-refractivity contribution in [2.45, 2.75) is 20.8 Å². The topological polar surface area (TPSA) is 78.9 Å². The van der Waals surface area contributed by atoms with Crippen LogP contribution in [0.5, 0.6) is 0 Å². The van der Waals surface area contributed by atoms with Crippen LogP contribution in [0.2, 0.25) is 0 Å². The van der Waals surface area contributed by atoms with Crippen LogP contribution in [0.25, 0.3) is 0 Å². The Morgan fingerprint density at radius 1 is 1.33 bits per heavy atom. The SMILES string of the molecule is CCN(CC(N)=NO)C(=O)c1cc(C)cc(C)c1. The summed E-state index contributed by atoms with van der Waals surface area (Å²) < 4.78 is 0. The first-order valence-electron chi connectivity index (χ1n) is 5.82. The number of oxime groups is 1. The van der Waals surface area contributed by atoms with Crippen LogP contribution >= 0.6 is 0 Å². The van der Waals surface area contributed by atoms with E-state index in [4.69, 9.17) is 10.9 Å². The molecule has 0 fully saturated rings. The third kappa shape index (κ3) is 3.48. The highest BCUT2D eigenvalue weighted by Gasteiger charge is 2.15. The standard InChI is InChI=1S/C13H19N3O2/c1-4-16(8-12(14)15-18)13(17)11-6-9(2)5-10(3)7-11/h5-7,18H,4,8H2,1-3H3,(H2,14,15). The highest BCUT2D eigenvalue weighted by Crippen LogP contribution is 2.11. The molecule has 0 saturated carbocycles. The Hall–Kier alpha value is -2.04. The molecule has 18 heavy (non-hydrogen) atoms. The summed E-state index contributed by atoms with van der Waals surface area (Å²) in [6, 6.07) is 5.69. The lowest BCUT2D eigenvalue weighted by Crippen LogP contribution is -2.38. The van der Waals surface area contributed by atoms with E-state index in [0.717, 1.165) is 11.1 Å². The Morgan fingerprint density at radius 2 is 1.89 bits per heavy atom. The fourth-order valence-electron chi connectivity index (χ4n) is 1.84. The molecule has 0 aliphatic rings. The molecule has 5 heteroatoms. The van der Waals surface area contributed by atoms with Gasteiger partial charge in [0.15, 0.2) is 5.84 Å². The number of carbonyl (C=O) groups is 1. The lowest BCUT2D eigenvalue weighted by atomic mass is 10.1. The number of aryl methyl sites for hydroxylation is 2. The van der Waals surface area contributed by atoms with Gasteiger partial charge in [-0.15, -0.1) is 0 Å². The van der Waals surface area contributed by atoms with E-state index in [1.54, 1.807) is 0 Å². The normalized spacial score (nSPS) is 11.4. The zero-order valence-electron chi connectivity index (χ0n) is 11.0. The van der Waals surface area contributed by atoms with Gasteiger partial charge in [0.2, 0.25) is 0 Å². The van der Waals surface area contributed by atoms with Gasteiger partial charge in [-0.1, -0.05) is 22.3 Å². The number of carbonyl (C=O) groups excluding carboxylic acids is 1. The average Bonchev–Trinajstić information content (AvgIpc) is 2.33. The van der Waals surface area contributed by atoms with Crippen LogP contribution in [0.4, 0.5) is 0 Å². The second kappa shape index (κ2) is 6.05. The maximum Gasteiger partial charge on any atom is 0.254 e. The van der Waals surface area contributed by atoms with E-state index in [2.05, 4.69) is 5.16 Å². The fraction of sp³-hybridized carbons (Fsp3) is 0.385. The molecule has 0 radical (unpaired) electrons. The molecule has 5 nitrogen and oxygen atoms in total. The molecule has 1 rings (SSSR count).